The molecule has 2 atom stereocenters. The summed E-state index contributed by atoms with van der Waals surface area (Å²) in [6, 6.07) is 0.394. The van der Waals surface area contributed by atoms with E-state index in [0.717, 1.165) is 11.6 Å². The van der Waals surface area contributed by atoms with E-state index in [1.807, 2.05) is 12.4 Å². The average Bonchev–Trinajstić information content (AvgIpc) is 2.78. The van der Waals surface area contributed by atoms with Crippen molar-refractivity contribution in [2.75, 3.05) is 6.26 Å². The summed E-state index contributed by atoms with van der Waals surface area (Å²) in [7, 11) is 0. The van der Waals surface area contributed by atoms with Crippen molar-refractivity contribution < 1.29 is 0 Å². The molecule has 1 aliphatic rings. The fourth-order valence-electron chi connectivity index (χ4n) is 1.50. The summed E-state index contributed by atoms with van der Waals surface area (Å²) >= 11 is 1.49. The number of hydrogen-bond acceptors (Lipinski definition) is 3. The molecule has 0 heterocycles. The molecule has 1 aliphatic carbocycles. The number of hydrogen-bond donors (Lipinski definition) is 1. The van der Waals surface area contributed by atoms with Crippen molar-refractivity contribution in [3.63, 3.8) is 0 Å². The molecule has 1 N–H and O–H groups in total. The Morgan fingerprint density at radius 2 is 2.36 bits per heavy atom. The van der Waals surface area contributed by atoms with Crippen LogP contribution in [0.3, 0.4) is 0 Å². The first-order chi connectivity index (χ1) is 6.54. The van der Waals surface area contributed by atoms with Crippen LogP contribution in [0.5, 0.6) is 0 Å². The Kier molecular flexibility index (Phi) is 3.43. The molecule has 3 nitrogen and oxygen atoms in total. The first kappa shape index (κ1) is 11.4. The van der Waals surface area contributed by atoms with Gasteiger partial charge < -0.3 is 0 Å². The minimum Gasteiger partial charge on any atom is -0.272 e. The van der Waals surface area contributed by atoms with E-state index in [9.17, 15) is 0 Å². The van der Waals surface area contributed by atoms with Gasteiger partial charge in [-0.25, -0.2) is 0 Å². The van der Waals surface area contributed by atoms with Crippen LogP contribution in [-0.4, -0.2) is 17.5 Å². The maximum absolute atomic E-state index is 8.49. The highest BCUT2D eigenvalue weighted by Gasteiger charge is 2.52. The van der Waals surface area contributed by atoms with E-state index < -0.39 is 0 Å². The molecule has 2 unspecified atom stereocenters. The summed E-state index contributed by atoms with van der Waals surface area (Å²) in [6.45, 7) is 6.72. The molecule has 1 saturated carbocycles. The molecule has 4 heteroatoms. The Hall–Kier alpha value is -0.690. The molecular formula is C10H17N3S. The Labute approximate surface area is 90.0 Å². The van der Waals surface area contributed by atoms with Crippen LogP contribution in [-0.2, 0) is 0 Å². The molecule has 0 aromatic rings. The number of nitrogens with one attached hydrogen (secondary N) is 1. The highest BCUT2D eigenvalue weighted by Crippen LogP contribution is 2.53. The normalized spacial score (nSPS) is 31.4. The molecule has 0 bridgehead atoms. The first-order valence-corrected chi connectivity index (χ1v) is 6.04. The van der Waals surface area contributed by atoms with Gasteiger partial charge in [-0.15, -0.1) is 0 Å². The average molecular weight is 211 g/mol. The second-order valence-corrected chi connectivity index (χ2v) is 5.05. The minimum absolute atomic E-state index is 0.345. The van der Waals surface area contributed by atoms with Crippen LogP contribution >= 0.6 is 11.8 Å². The van der Waals surface area contributed by atoms with Gasteiger partial charge in [0.1, 0.15) is 0 Å². The lowest BCUT2D eigenvalue weighted by Gasteiger charge is -2.13. The molecule has 0 spiro atoms. The van der Waals surface area contributed by atoms with Gasteiger partial charge in [-0.1, -0.05) is 32.5 Å². The standard InChI is InChI=1S/C10H17N3S/c1-7(2)10(3)5-8(10)13-9(14-4)12-6-11/h7-8H,5H2,1-4H3,(H,12,13). The van der Waals surface area contributed by atoms with Crippen molar-refractivity contribution in [3.05, 3.63) is 0 Å². The Morgan fingerprint density at radius 1 is 1.71 bits per heavy atom. The third-order valence-electron chi connectivity index (χ3n) is 3.18. The smallest absolute Gasteiger partial charge is 0.183 e. The monoisotopic (exact) mass is 211 g/mol. The molecule has 1 fully saturated rings. The Balaban J connectivity index is 2.59. The van der Waals surface area contributed by atoms with Crippen molar-refractivity contribution >= 4 is 16.9 Å². The number of aliphatic imine (C=N–C) groups is 1. The maximum atomic E-state index is 8.49. The number of thioether (sulfide) groups is 1. The predicted octanol–water partition coefficient (Wildman–Crippen LogP) is 2.21. The molecule has 0 radical (unpaired) electrons. The topological polar surface area (TPSA) is 48.2 Å². The van der Waals surface area contributed by atoms with Crippen LogP contribution in [0.25, 0.3) is 0 Å². The number of nitriles is 1. The molecule has 78 valence electrons. The van der Waals surface area contributed by atoms with E-state index in [2.05, 4.69) is 31.1 Å². The number of nitrogens with zero attached hydrogens (tertiary/aromatic N) is 2. The van der Waals surface area contributed by atoms with Crippen LogP contribution in [0, 0.1) is 22.8 Å². The maximum Gasteiger partial charge on any atom is 0.183 e. The molecule has 0 saturated heterocycles. The van der Waals surface area contributed by atoms with Crippen molar-refractivity contribution in [2.24, 2.45) is 16.3 Å². The Bertz CT molecular complexity index is 280. The van der Waals surface area contributed by atoms with Crippen molar-refractivity contribution in [2.45, 2.75) is 33.2 Å². The summed E-state index contributed by atoms with van der Waals surface area (Å²) in [5.41, 5.74) is 0.345. The van der Waals surface area contributed by atoms with Gasteiger partial charge >= 0.3 is 0 Å². The van der Waals surface area contributed by atoms with Crippen LogP contribution < -0.4 is 5.32 Å². The van der Waals surface area contributed by atoms with E-state index in [-0.39, 0.29) is 0 Å². The minimum atomic E-state index is 0.345. The largest absolute Gasteiger partial charge is 0.272 e. The van der Waals surface area contributed by atoms with E-state index in [1.54, 1.807) is 0 Å². The predicted molar refractivity (Wildman–Crippen MR) is 61.0 cm³/mol. The van der Waals surface area contributed by atoms with Gasteiger partial charge in [0.15, 0.2) is 11.4 Å². The van der Waals surface area contributed by atoms with E-state index in [4.69, 9.17) is 5.26 Å². The van der Waals surface area contributed by atoms with Crippen LogP contribution in [0.15, 0.2) is 4.99 Å². The second-order valence-electron chi connectivity index (χ2n) is 4.26. The van der Waals surface area contributed by atoms with Gasteiger partial charge in [-0.05, 0) is 24.0 Å². The third kappa shape index (κ3) is 2.21. The summed E-state index contributed by atoms with van der Waals surface area (Å²) in [5.74, 6) is 0.654. The highest BCUT2D eigenvalue weighted by atomic mass is 32.2. The van der Waals surface area contributed by atoms with Crippen molar-refractivity contribution in [1.82, 2.24) is 5.32 Å². The fraction of sp³-hybridized carbons (Fsp3) is 0.800. The molecule has 0 aromatic carbocycles. The second kappa shape index (κ2) is 4.22. The molecule has 0 amide bonds. The molecular weight excluding hydrogens is 194 g/mol. The van der Waals surface area contributed by atoms with Crippen molar-refractivity contribution in [1.29, 1.82) is 5.26 Å². The first-order valence-electron chi connectivity index (χ1n) is 4.81. The number of amidine groups is 1. The highest BCUT2D eigenvalue weighted by molar-refractivity contribution is 8.13. The molecule has 1 rings (SSSR count). The van der Waals surface area contributed by atoms with Gasteiger partial charge in [-0.3, -0.25) is 10.3 Å². The van der Waals surface area contributed by atoms with Crippen LogP contribution in [0.2, 0.25) is 0 Å². The van der Waals surface area contributed by atoms with Gasteiger partial charge in [0.25, 0.3) is 0 Å². The summed E-state index contributed by atoms with van der Waals surface area (Å²) in [6.07, 6.45) is 4.98. The summed E-state index contributed by atoms with van der Waals surface area (Å²) in [5, 5.41) is 11.8. The van der Waals surface area contributed by atoms with Crippen molar-refractivity contribution in [3.8, 4) is 6.19 Å². The lowest BCUT2D eigenvalue weighted by atomic mass is 9.94. The quantitative estimate of drug-likeness (QED) is 0.330. The van der Waals surface area contributed by atoms with Crippen LogP contribution in [0.4, 0.5) is 0 Å². The fourth-order valence-corrected chi connectivity index (χ4v) is 1.88. The molecule has 0 aliphatic heterocycles. The van der Waals surface area contributed by atoms with Crippen LogP contribution in [0.1, 0.15) is 27.2 Å². The zero-order valence-corrected chi connectivity index (χ0v) is 9.98. The molecule has 0 aromatic heterocycles. The number of rotatable bonds is 2. The lowest BCUT2D eigenvalue weighted by Crippen LogP contribution is -2.16. The lowest BCUT2D eigenvalue weighted by molar-refractivity contribution is 0.383. The van der Waals surface area contributed by atoms with Gasteiger partial charge in [0.05, 0.1) is 6.04 Å². The SMILES string of the molecule is CSC(=NC1CC1(C)C(C)C)NC#N. The Morgan fingerprint density at radius 3 is 2.71 bits per heavy atom. The van der Waals surface area contributed by atoms with Gasteiger partial charge in [0, 0.05) is 0 Å². The van der Waals surface area contributed by atoms with E-state index >= 15 is 0 Å². The zero-order chi connectivity index (χ0) is 10.8. The third-order valence-corrected chi connectivity index (χ3v) is 3.78. The summed E-state index contributed by atoms with van der Waals surface area (Å²) < 4.78 is 0. The van der Waals surface area contributed by atoms with Gasteiger partial charge in [-0.2, -0.15) is 5.26 Å². The summed E-state index contributed by atoms with van der Waals surface area (Å²) in [4.78, 5) is 4.52. The van der Waals surface area contributed by atoms with E-state index in [0.29, 0.717) is 17.4 Å². The van der Waals surface area contributed by atoms with E-state index in [1.165, 1.54) is 11.8 Å². The molecule has 14 heavy (non-hydrogen) atoms. The zero-order valence-electron chi connectivity index (χ0n) is 9.16. The van der Waals surface area contributed by atoms with Gasteiger partial charge in [0.2, 0.25) is 0 Å².